The van der Waals surface area contributed by atoms with E-state index in [0.29, 0.717) is 5.56 Å². The van der Waals surface area contributed by atoms with Crippen molar-refractivity contribution in [1.82, 2.24) is 9.55 Å². The smallest absolute Gasteiger partial charge is 0.256 e. The minimum atomic E-state index is -0.735. The van der Waals surface area contributed by atoms with E-state index >= 15 is 0 Å². The number of hydrogen-bond acceptors (Lipinski definition) is 4. The van der Waals surface area contributed by atoms with Gasteiger partial charge in [0, 0.05) is 11.3 Å². The van der Waals surface area contributed by atoms with Gasteiger partial charge in [0.05, 0.1) is 31.7 Å². The van der Waals surface area contributed by atoms with E-state index in [1.165, 1.54) is 22.0 Å². The van der Waals surface area contributed by atoms with E-state index in [2.05, 4.69) is 23.2 Å². The number of aryl methyl sites for hydroxylation is 2. The summed E-state index contributed by atoms with van der Waals surface area (Å²) in [4.78, 5) is 16.3. The third kappa shape index (κ3) is 3.57. The van der Waals surface area contributed by atoms with Crippen LogP contribution in [0, 0.1) is 13.8 Å². The Bertz CT molecular complexity index is 769. The summed E-state index contributed by atoms with van der Waals surface area (Å²) in [5.41, 5.74) is 3.79. The quantitative estimate of drug-likeness (QED) is 0.915. The Morgan fingerprint density at radius 3 is 3.00 bits per heavy atom. The average Bonchev–Trinajstić information content (AvgIpc) is 2.60. The molecule has 0 spiro atoms. The molecule has 5 nitrogen and oxygen atoms in total. The number of aliphatic hydroxyl groups is 1. The Hall–Kier alpha value is -1.98. The van der Waals surface area contributed by atoms with Crippen LogP contribution in [0.15, 0.2) is 35.4 Å². The molecule has 1 aromatic carbocycles. The molecule has 5 heteroatoms. The standard InChI is InChI=1S/C19H24N2O3/c1-13-14(2)20-12-21(19(13)23)10-16(22)11-24-18-9-5-7-15-6-3-4-8-17(15)18/h3-4,6,8,12,16,18,22H,5,7,9-11H2,1-2H3/t16-,18-/m1/s1. The molecule has 0 radical (unpaired) electrons. The largest absolute Gasteiger partial charge is 0.389 e. The first kappa shape index (κ1) is 16.9. The highest BCUT2D eigenvalue weighted by molar-refractivity contribution is 5.31. The zero-order valence-corrected chi connectivity index (χ0v) is 14.2. The van der Waals surface area contributed by atoms with Crippen molar-refractivity contribution in [2.45, 2.75) is 51.9 Å². The van der Waals surface area contributed by atoms with Crippen molar-refractivity contribution in [3.63, 3.8) is 0 Å². The lowest BCUT2D eigenvalue weighted by atomic mass is 9.89. The van der Waals surface area contributed by atoms with E-state index in [4.69, 9.17) is 4.74 Å². The van der Waals surface area contributed by atoms with Crippen LogP contribution in [0.1, 0.15) is 41.3 Å². The number of ether oxygens (including phenoxy) is 1. The lowest BCUT2D eigenvalue weighted by Gasteiger charge is -2.26. The Balaban J connectivity index is 1.62. The van der Waals surface area contributed by atoms with Gasteiger partial charge in [0.2, 0.25) is 0 Å². The minimum Gasteiger partial charge on any atom is -0.389 e. The highest BCUT2D eigenvalue weighted by Gasteiger charge is 2.21. The molecule has 0 saturated heterocycles. The van der Waals surface area contributed by atoms with Crippen molar-refractivity contribution in [1.29, 1.82) is 0 Å². The number of rotatable bonds is 5. The Morgan fingerprint density at radius 2 is 2.17 bits per heavy atom. The van der Waals surface area contributed by atoms with Gasteiger partial charge in [-0.2, -0.15) is 0 Å². The predicted molar refractivity (Wildman–Crippen MR) is 92.1 cm³/mol. The number of fused-ring (bicyclic) bond motifs is 1. The molecule has 0 saturated carbocycles. The molecule has 0 unspecified atom stereocenters. The van der Waals surface area contributed by atoms with Gasteiger partial charge in [0.1, 0.15) is 0 Å². The molecule has 2 aromatic rings. The van der Waals surface area contributed by atoms with Crippen LogP contribution in [0.5, 0.6) is 0 Å². The third-order valence-electron chi connectivity index (χ3n) is 4.73. The van der Waals surface area contributed by atoms with Crippen LogP contribution in [0.25, 0.3) is 0 Å². The van der Waals surface area contributed by atoms with Crippen LogP contribution >= 0.6 is 0 Å². The first-order valence-electron chi connectivity index (χ1n) is 8.46. The van der Waals surface area contributed by atoms with Crippen molar-refractivity contribution in [2.75, 3.05) is 6.61 Å². The van der Waals surface area contributed by atoms with Crippen molar-refractivity contribution in [3.8, 4) is 0 Å². The van der Waals surface area contributed by atoms with Gasteiger partial charge in [0.15, 0.2) is 0 Å². The second-order valence-corrected chi connectivity index (χ2v) is 6.48. The van der Waals surface area contributed by atoms with E-state index in [-0.39, 0.29) is 24.8 Å². The van der Waals surface area contributed by atoms with Crippen LogP contribution in [-0.2, 0) is 17.7 Å². The van der Waals surface area contributed by atoms with Crippen LogP contribution < -0.4 is 5.56 Å². The highest BCUT2D eigenvalue weighted by Crippen LogP contribution is 2.32. The molecule has 1 aliphatic carbocycles. The van der Waals surface area contributed by atoms with Gasteiger partial charge < -0.3 is 9.84 Å². The van der Waals surface area contributed by atoms with Gasteiger partial charge in [-0.15, -0.1) is 0 Å². The van der Waals surface area contributed by atoms with Crippen LogP contribution in [0.2, 0.25) is 0 Å². The van der Waals surface area contributed by atoms with Crippen molar-refractivity contribution < 1.29 is 9.84 Å². The lowest BCUT2D eigenvalue weighted by Crippen LogP contribution is -2.31. The van der Waals surface area contributed by atoms with Crippen molar-refractivity contribution in [3.05, 3.63) is 63.3 Å². The normalized spacial score (nSPS) is 18.2. The molecule has 1 heterocycles. The van der Waals surface area contributed by atoms with Gasteiger partial charge in [-0.3, -0.25) is 9.36 Å². The summed E-state index contributed by atoms with van der Waals surface area (Å²) >= 11 is 0. The third-order valence-corrected chi connectivity index (χ3v) is 4.73. The zero-order valence-electron chi connectivity index (χ0n) is 14.2. The first-order chi connectivity index (χ1) is 11.6. The second kappa shape index (κ2) is 7.28. The lowest BCUT2D eigenvalue weighted by molar-refractivity contribution is -0.0229. The Labute approximate surface area is 141 Å². The monoisotopic (exact) mass is 328 g/mol. The SMILES string of the molecule is Cc1ncn(C[C@@H](O)CO[C@@H]2CCCc3ccccc32)c(=O)c1C. The highest BCUT2D eigenvalue weighted by atomic mass is 16.5. The molecular weight excluding hydrogens is 304 g/mol. The Morgan fingerprint density at radius 1 is 1.38 bits per heavy atom. The van der Waals surface area contributed by atoms with E-state index in [1.807, 2.05) is 6.07 Å². The summed E-state index contributed by atoms with van der Waals surface area (Å²) in [7, 11) is 0. The van der Waals surface area contributed by atoms with Crippen molar-refractivity contribution >= 4 is 0 Å². The first-order valence-corrected chi connectivity index (χ1v) is 8.46. The molecule has 2 atom stereocenters. The van der Waals surface area contributed by atoms with Crippen LogP contribution in [0.3, 0.4) is 0 Å². The topological polar surface area (TPSA) is 64.3 Å². The molecule has 0 bridgehead atoms. The summed E-state index contributed by atoms with van der Waals surface area (Å²) in [6, 6.07) is 8.32. The molecule has 3 rings (SSSR count). The van der Waals surface area contributed by atoms with Gasteiger partial charge in [-0.05, 0) is 44.2 Å². The molecule has 128 valence electrons. The fraction of sp³-hybridized carbons (Fsp3) is 0.474. The maximum Gasteiger partial charge on any atom is 0.256 e. The van der Waals surface area contributed by atoms with Crippen molar-refractivity contribution in [2.24, 2.45) is 0 Å². The summed E-state index contributed by atoms with van der Waals surface area (Å²) in [5, 5.41) is 10.3. The summed E-state index contributed by atoms with van der Waals surface area (Å²) < 4.78 is 7.40. The molecule has 24 heavy (non-hydrogen) atoms. The Kier molecular flexibility index (Phi) is 5.11. The van der Waals surface area contributed by atoms with E-state index < -0.39 is 6.10 Å². The van der Waals surface area contributed by atoms with Gasteiger partial charge >= 0.3 is 0 Å². The number of aromatic nitrogens is 2. The van der Waals surface area contributed by atoms with Crippen LogP contribution in [-0.4, -0.2) is 27.4 Å². The van der Waals surface area contributed by atoms with E-state index in [9.17, 15) is 9.90 Å². The average molecular weight is 328 g/mol. The molecule has 1 aromatic heterocycles. The number of aliphatic hydroxyl groups excluding tert-OH is 1. The number of hydrogen-bond donors (Lipinski definition) is 1. The fourth-order valence-corrected chi connectivity index (χ4v) is 3.20. The van der Waals surface area contributed by atoms with Crippen LogP contribution in [0.4, 0.5) is 0 Å². The summed E-state index contributed by atoms with van der Waals surface area (Å²) in [5.74, 6) is 0. The molecule has 1 aliphatic rings. The minimum absolute atomic E-state index is 0.0270. The van der Waals surface area contributed by atoms with Gasteiger partial charge in [-0.1, -0.05) is 24.3 Å². The van der Waals surface area contributed by atoms with Gasteiger partial charge in [0.25, 0.3) is 5.56 Å². The van der Waals surface area contributed by atoms with Gasteiger partial charge in [-0.25, -0.2) is 4.98 Å². The molecule has 0 fully saturated rings. The predicted octanol–water partition coefficient (Wildman–Crippen LogP) is 2.32. The summed E-state index contributed by atoms with van der Waals surface area (Å²) in [6.45, 7) is 3.96. The molecule has 0 aliphatic heterocycles. The zero-order chi connectivity index (χ0) is 17.1. The molecule has 1 N–H and O–H groups in total. The van der Waals surface area contributed by atoms with E-state index in [1.54, 1.807) is 13.8 Å². The fourth-order valence-electron chi connectivity index (χ4n) is 3.20. The summed E-state index contributed by atoms with van der Waals surface area (Å²) in [6.07, 6.45) is 3.93. The molecular formula is C19H24N2O3. The molecule has 0 amide bonds. The maximum absolute atomic E-state index is 12.2. The number of benzene rings is 1. The van der Waals surface area contributed by atoms with E-state index in [0.717, 1.165) is 25.0 Å². The maximum atomic E-state index is 12.2. The number of nitrogens with zero attached hydrogens (tertiary/aromatic N) is 2. The second-order valence-electron chi connectivity index (χ2n) is 6.48.